The van der Waals surface area contributed by atoms with E-state index < -0.39 is 0 Å². The minimum absolute atomic E-state index is 0.0537. The zero-order valence-electron chi connectivity index (χ0n) is 10.4. The first-order valence-electron chi connectivity index (χ1n) is 6.04. The van der Waals surface area contributed by atoms with Crippen LogP contribution in [0.4, 0.5) is 4.39 Å². The Hall–Kier alpha value is -1.36. The van der Waals surface area contributed by atoms with E-state index in [2.05, 4.69) is 16.5 Å². The van der Waals surface area contributed by atoms with Gasteiger partial charge in [0.1, 0.15) is 0 Å². The highest BCUT2D eigenvalue weighted by Gasteiger charge is 2.35. The van der Waals surface area contributed by atoms with Gasteiger partial charge in [-0.05, 0) is 38.4 Å². The van der Waals surface area contributed by atoms with Crippen LogP contribution < -0.4 is 4.74 Å². The minimum atomic E-state index is -0.368. The second-order valence-electron chi connectivity index (χ2n) is 5.12. The Balaban J connectivity index is 2.31. The summed E-state index contributed by atoms with van der Waals surface area (Å²) >= 11 is 5.37. The van der Waals surface area contributed by atoms with Gasteiger partial charge < -0.3 is 14.3 Å². The summed E-state index contributed by atoms with van der Waals surface area (Å²) in [5.41, 5.74) is 1.70. The summed E-state index contributed by atoms with van der Waals surface area (Å²) in [6.07, 6.45) is 3.42. The molecule has 0 spiro atoms. The van der Waals surface area contributed by atoms with Crippen molar-refractivity contribution in [2.45, 2.75) is 31.7 Å². The highest BCUT2D eigenvalue weighted by atomic mass is 32.1. The summed E-state index contributed by atoms with van der Waals surface area (Å²) in [4.78, 5) is 3.08. The van der Waals surface area contributed by atoms with Crippen LogP contribution in [0.25, 0.3) is 11.0 Å². The molecule has 0 unspecified atom stereocenters. The topological polar surface area (TPSA) is 29.9 Å². The van der Waals surface area contributed by atoms with E-state index in [9.17, 15) is 4.39 Å². The molecule has 0 aliphatic heterocycles. The molecular formula is C13H15FN2OS. The molecule has 96 valence electrons. The third-order valence-electron chi connectivity index (χ3n) is 3.93. The van der Waals surface area contributed by atoms with Gasteiger partial charge in [-0.15, -0.1) is 0 Å². The molecule has 1 heterocycles. The van der Waals surface area contributed by atoms with Crippen LogP contribution in [0.3, 0.4) is 0 Å². The molecule has 0 atom stereocenters. The monoisotopic (exact) mass is 266 g/mol. The van der Waals surface area contributed by atoms with E-state index in [1.54, 1.807) is 6.07 Å². The number of aromatic nitrogens is 2. The van der Waals surface area contributed by atoms with Gasteiger partial charge in [-0.1, -0.05) is 0 Å². The first-order chi connectivity index (χ1) is 8.55. The minimum Gasteiger partial charge on any atom is -0.494 e. The number of rotatable bonds is 2. The van der Waals surface area contributed by atoms with E-state index in [1.165, 1.54) is 19.6 Å². The van der Waals surface area contributed by atoms with E-state index in [-0.39, 0.29) is 17.1 Å². The maximum atomic E-state index is 13.7. The molecule has 1 aromatic heterocycles. The molecule has 1 aliphatic carbocycles. The quantitative estimate of drug-likeness (QED) is 0.839. The van der Waals surface area contributed by atoms with Gasteiger partial charge in [0.05, 0.1) is 18.1 Å². The van der Waals surface area contributed by atoms with Crippen molar-refractivity contribution >= 4 is 23.3 Å². The third-order valence-corrected chi connectivity index (χ3v) is 4.21. The number of methoxy groups -OCH3 is 1. The number of hydrogen-bond donors (Lipinski definition) is 1. The van der Waals surface area contributed by atoms with Crippen LogP contribution in [-0.2, 0) is 5.54 Å². The van der Waals surface area contributed by atoms with Crippen molar-refractivity contribution in [2.75, 3.05) is 7.11 Å². The van der Waals surface area contributed by atoms with Crippen molar-refractivity contribution in [2.24, 2.45) is 0 Å². The predicted octanol–water partition coefficient (Wildman–Crippen LogP) is 3.75. The first-order valence-corrected chi connectivity index (χ1v) is 6.45. The number of nitrogens with zero attached hydrogens (tertiary/aromatic N) is 1. The van der Waals surface area contributed by atoms with Crippen LogP contribution in [0.15, 0.2) is 12.1 Å². The van der Waals surface area contributed by atoms with Gasteiger partial charge in [0.2, 0.25) is 0 Å². The summed E-state index contributed by atoms with van der Waals surface area (Å²) in [5.74, 6) is -0.111. The summed E-state index contributed by atoms with van der Waals surface area (Å²) in [5, 5.41) is 0. The fourth-order valence-electron chi connectivity index (χ4n) is 2.71. The van der Waals surface area contributed by atoms with Crippen molar-refractivity contribution < 1.29 is 9.13 Å². The SMILES string of the molecule is COc1cc2c(cc1F)[nH]c(=S)n2C1(C)CCC1. The standard InChI is InChI=1S/C13H15FN2OS/c1-13(4-3-5-13)16-10-7-11(17-2)8(14)6-9(10)15-12(16)18/h6-7H,3-5H2,1-2H3,(H,15,18). The number of H-pyrrole nitrogens is 1. The number of ether oxygens (including phenoxy) is 1. The Kier molecular flexibility index (Phi) is 2.48. The van der Waals surface area contributed by atoms with Crippen LogP contribution in [-0.4, -0.2) is 16.7 Å². The number of halogens is 1. The Labute approximate surface area is 110 Å². The second-order valence-corrected chi connectivity index (χ2v) is 5.51. The van der Waals surface area contributed by atoms with Crippen LogP contribution in [0.2, 0.25) is 0 Å². The average molecular weight is 266 g/mol. The molecule has 18 heavy (non-hydrogen) atoms. The molecule has 0 amide bonds. The van der Waals surface area contributed by atoms with Crippen molar-refractivity contribution in [3.8, 4) is 5.75 Å². The molecule has 1 fully saturated rings. The number of nitrogens with one attached hydrogen (secondary N) is 1. The molecule has 3 rings (SSSR count). The highest BCUT2D eigenvalue weighted by molar-refractivity contribution is 7.71. The second kappa shape index (κ2) is 3.82. The third kappa shape index (κ3) is 1.50. The highest BCUT2D eigenvalue weighted by Crippen LogP contribution is 2.41. The molecule has 1 aromatic carbocycles. The summed E-state index contributed by atoms with van der Waals surface area (Å²) in [7, 11) is 1.47. The lowest BCUT2D eigenvalue weighted by Crippen LogP contribution is -2.37. The van der Waals surface area contributed by atoms with E-state index in [0.717, 1.165) is 23.9 Å². The first kappa shape index (κ1) is 11.7. The largest absolute Gasteiger partial charge is 0.494 e. The van der Waals surface area contributed by atoms with Crippen LogP contribution in [0.1, 0.15) is 26.2 Å². The molecule has 3 nitrogen and oxygen atoms in total. The fraction of sp³-hybridized carbons (Fsp3) is 0.462. The summed E-state index contributed by atoms with van der Waals surface area (Å²) in [6.45, 7) is 2.19. The van der Waals surface area contributed by atoms with Gasteiger partial charge in [0.15, 0.2) is 16.3 Å². The lowest BCUT2D eigenvalue weighted by Gasteiger charge is -2.40. The number of aromatic amines is 1. The summed E-state index contributed by atoms with van der Waals surface area (Å²) < 4.78 is 21.5. The lowest BCUT2D eigenvalue weighted by molar-refractivity contribution is 0.172. The van der Waals surface area contributed by atoms with Gasteiger partial charge in [-0.25, -0.2) is 4.39 Å². The zero-order chi connectivity index (χ0) is 12.9. The Morgan fingerprint density at radius 2 is 2.17 bits per heavy atom. The van der Waals surface area contributed by atoms with Crippen LogP contribution >= 0.6 is 12.2 Å². The smallest absolute Gasteiger partial charge is 0.178 e. The van der Waals surface area contributed by atoms with Gasteiger partial charge in [0, 0.05) is 17.7 Å². The van der Waals surface area contributed by atoms with Gasteiger partial charge in [0.25, 0.3) is 0 Å². The van der Waals surface area contributed by atoms with Gasteiger partial charge in [-0.3, -0.25) is 0 Å². The van der Waals surface area contributed by atoms with E-state index in [0.29, 0.717) is 4.77 Å². The fourth-order valence-corrected chi connectivity index (χ4v) is 3.14. The number of fused-ring (bicyclic) bond motifs is 1. The molecule has 0 bridgehead atoms. The summed E-state index contributed by atoms with van der Waals surface area (Å²) in [6, 6.07) is 3.17. The average Bonchev–Trinajstić information content (AvgIpc) is 2.60. The zero-order valence-corrected chi connectivity index (χ0v) is 11.2. The molecule has 1 saturated carbocycles. The predicted molar refractivity (Wildman–Crippen MR) is 71.1 cm³/mol. The number of imidazole rings is 1. The normalized spacial score (nSPS) is 17.7. The van der Waals surface area contributed by atoms with Gasteiger partial charge in [-0.2, -0.15) is 0 Å². The molecule has 5 heteroatoms. The molecule has 1 N–H and O–H groups in total. The molecule has 1 aliphatic rings. The number of benzene rings is 1. The Morgan fingerprint density at radius 1 is 1.44 bits per heavy atom. The van der Waals surface area contributed by atoms with Crippen molar-refractivity contribution in [3.05, 3.63) is 22.7 Å². The number of hydrogen-bond acceptors (Lipinski definition) is 2. The van der Waals surface area contributed by atoms with Gasteiger partial charge >= 0.3 is 0 Å². The maximum Gasteiger partial charge on any atom is 0.178 e. The Morgan fingerprint density at radius 3 is 2.72 bits per heavy atom. The Bertz CT molecular complexity index is 669. The molecule has 0 saturated heterocycles. The lowest BCUT2D eigenvalue weighted by atomic mass is 9.78. The van der Waals surface area contributed by atoms with E-state index in [1.807, 2.05) is 0 Å². The van der Waals surface area contributed by atoms with Crippen LogP contribution in [0, 0.1) is 10.6 Å². The van der Waals surface area contributed by atoms with Crippen molar-refractivity contribution in [1.29, 1.82) is 0 Å². The van der Waals surface area contributed by atoms with Crippen molar-refractivity contribution in [1.82, 2.24) is 9.55 Å². The van der Waals surface area contributed by atoms with E-state index in [4.69, 9.17) is 17.0 Å². The van der Waals surface area contributed by atoms with E-state index >= 15 is 0 Å². The molecular weight excluding hydrogens is 251 g/mol. The molecule has 2 aromatic rings. The molecule has 0 radical (unpaired) electrons. The maximum absolute atomic E-state index is 13.7. The van der Waals surface area contributed by atoms with Crippen molar-refractivity contribution in [3.63, 3.8) is 0 Å². The van der Waals surface area contributed by atoms with Crippen LogP contribution in [0.5, 0.6) is 5.75 Å².